The Labute approximate surface area is 102 Å². The number of nitrogens with zero attached hydrogens (tertiary/aromatic N) is 3. The monoisotopic (exact) mass is 241 g/mol. The molecule has 0 unspecified atom stereocenters. The van der Waals surface area contributed by atoms with Gasteiger partial charge in [-0.25, -0.2) is 9.67 Å². The van der Waals surface area contributed by atoms with Crippen LogP contribution >= 0.6 is 0 Å². The summed E-state index contributed by atoms with van der Waals surface area (Å²) in [6.07, 6.45) is 3.49. The third-order valence-electron chi connectivity index (χ3n) is 2.65. The number of nitrogens with one attached hydrogen (secondary N) is 1. The predicted molar refractivity (Wildman–Crippen MR) is 68.6 cm³/mol. The topological polar surface area (TPSA) is 89.6 Å². The molecule has 3 aromatic rings. The van der Waals surface area contributed by atoms with Gasteiger partial charge in [0.2, 0.25) is 5.95 Å². The van der Waals surface area contributed by atoms with E-state index >= 15 is 0 Å². The fraction of sp³-hybridized carbons (Fsp3) is 0.0833. The Bertz CT molecular complexity index is 787. The van der Waals surface area contributed by atoms with Crippen LogP contribution in [0.15, 0.2) is 35.4 Å². The number of rotatable bonds is 1. The van der Waals surface area contributed by atoms with Gasteiger partial charge in [0.05, 0.1) is 17.1 Å². The Balaban J connectivity index is 2.28. The lowest BCUT2D eigenvalue weighted by Gasteiger charge is -2.03. The molecule has 6 nitrogen and oxygen atoms in total. The number of hydrogen-bond donors (Lipinski definition) is 2. The minimum absolute atomic E-state index is 0.226. The third kappa shape index (κ3) is 1.64. The van der Waals surface area contributed by atoms with E-state index in [0.717, 1.165) is 5.56 Å². The van der Waals surface area contributed by atoms with Crippen molar-refractivity contribution in [1.29, 1.82) is 0 Å². The zero-order chi connectivity index (χ0) is 12.7. The molecule has 3 N–H and O–H groups in total. The van der Waals surface area contributed by atoms with Crippen molar-refractivity contribution < 1.29 is 0 Å². The van der Waals surface area contributed by atoms with Gasteiger partial charge >= 0.3 is 0 Å². The van der Waals surface area contributed by atoms with Crippen LogP contribution in [-0.2, 0) is 0 Å². The molecule has 3 rings (SSSR count). The van der Waals surface area contributed by atoms with Gasteiger partial charge < -0.3 is 5.73 Å². The first-order valence-corrected chi connectivity index (χ1v) is 5.45. The molecule has 6 heteroatoms. The largest absolute Gasteiger partial charge is 0.399 e. The van der Waals surface area contributed by atoms with Crippen LogP contribution in [0.4, 0.5) is 5.69 Å². The van der Waals surface area contributed by atoms with Crippen molar-refractivity contribution in [3.05, 3.63) is 46.5 Å². The van der Waals surface area contributed by atoms with Crippen molar-refractivity contribution in [2.45, 2.75) is 6.92 Å². The summed E-state index contributed by atoms with van der Waals surface area (Å²) in [7, 11) is 0. The molecule has 0 amide bonds. The lowest BCUT2D eigenvalue weighted by Crippen LogP contribution is -2.14. The van der Waals surface area contributed by atoms with E-state index in [9.17, 15) is 4.79 Å². The number of H-pyrrole nitrogens is 1. The average molecular weight is 241 g/mol. The second-order valence-corrected chi connectivity index (χ2v) is 4.13. The van der Waals surface area contributed by atoms with E-state index in [1.807, 2.05) is 6.92 Å². The number of benzene rings is 1. The molecule has 0 bridgehead atoms. The molecule has 0 aliphatic rings. The molecule has 0 atom stereocenters. The van der Waals surface area contributed by atoms with Crippen molar-refractivity contribution in [3.63, 3.8) is 0 Å². The summed E-state index contributed by atoms with van der Waals surface area (Å²) in [5, 5.41) is 4.59. The summed E-state index contributed by atoms with van der Waals surface area (Å²) in [6.45, 7) is 1.92. The minimum Gasteiger partial charge on any atom is -0.399 e. The summed E-state index contributed by atoms with van der Waals surface area (Å²) in [6, 6.07) is 5.05. The number of aromatic amines is 1. The number of fused-ring (bicyclic) bond motifs is 1. The smallest absolute Gasteiger partial charge is 0.260 e. The second kappa shape index (κ2) is 3.69. The first-order valence-electron chi connectivity index (χ1n) is 5.45. The molecule has 0 aliphatic carbocycles. The number of anilines is 1. The maximum atomic E-state index is 11.9. The lowest BCUT2D eigenvalue weighted by atomic mass is 10.2. The highest BCUT2D eigenvalue weighted by Gasteiger charge is 2.06. The van der Waals surface area contributed by atoms with E-state index in [1.165, 1.54) is 4.68 Å². The van der Waals surface area contributed by atoms with Crippen LogP contribution in [0.5, 0.6) is 0 Å². The highest BCUT2D eigenvalue weighted by Crippen LogP contribution is 2.12. The highest BCUT2D eigenvalue weighted by molar-refractivity contribution is 5.81. The fourth-order valence-corrected chi connectivity index (χ4v) is 1.78. The average Bonchev–Trinajstić information content (AvgIpc) is 2.77. The van der Waals surface area contributed by atoms with Crippen LogP contribution < -0.4 is 11.3 Å². The van der Waals surface area contributed by atoms with Crippen LogP contribution in [0.2, 0.25) is 0 Å². The number of nitrogens with two attached hydrogens (primary N) is 1. The van der Waals surface area contributed by atoms with Gasteiger partial charge in [-0.2, -0.15) is 5.10 Å². The van der Waals surface area contributed by atoms with Gasteiger partial charge in [-0.3, -0.25) is 9.78 Å². The van der Waals surface area contributed by atoms with Gasteiger partial charge in [0, 0.05) is 11.9 Å². The molecule has 18 heavy (non-hydrogen) atoms. The van der Waals surface area contributed by atoms with Gasteiger partial charge in [-0.05, 0) is 30.7 Å². The summed E-state index contributed by atoms with van der Waals surface area (Å²) < 4.78 is 1.53. The van der Waals surface area contributed by atoms with E-state index in [-0.39, 0.29) is 5.56 Å². The summed E-state index contributed by atoms with van der Waals surface area (Å²) >= 11 is 0. The van der Waals surface area contributed by atoms with Crippen LogP contribution in [0.1, 0.15) is 5.56 Å². The van der Waals surface area contributed by atoms with Crippen molar-refractivity contribution in [2.24, 2.45) is 0 Å². The molecule has 1 aromatic carbocycles. The second-order valence-electron chi connectivity index (χ2n) is 4.13. The van der Waals surface area contributed by atoms with Crippen molar-refractivity contribution >= 4 is 16.6 Å². The van der Waals surface area contributed by atoms with Gasteiger partial charge in [0.25, 0.3) is 5.56 Å². The summed E-state index contributed by atoms with van der Waals surface area (Å²) in [4.78, 5) is 19.0. The van der Waals surface area contributed by atoms with Crippen LogP contribution in [0.3, 0.4) is 0 Å². The molecule has 2 aromatic heterocycles. The summed E-state index contributed by atoms with van der Waals surface area (Å²) in [5.41, 5.74) is 7.55. The van der Waals surface area contributed by atoms with E-state index in [4.69, 9.17) is 5.73 Å². The zero-order valence-electron chi connectivity index (χ0n) is 9.71. The summed E-state index contributed by atoms with van der Waals surface area (Å²) in [5.74, 6) is 0.394. The Kier molecular flexibility index (Phi) is 2.16. The van der Waals surface area contributed by atoms with Gasteiger partial charge in [-0.1, -0.05) is 0 Å². The first-order chi connectivity index (χ1) is 8.63. The fourth-order valence-electron chi connectivity index (χ4n) is 1.78. The molecule has 0 fully saturated rings. The molecular weight excluding hydrogens is 230 g/mol. The van der Waals surface area contributed by atoms with Gasteiger partial charge in [-0.15, -0.1) is 0 Å². The Morgan fingerprint density at radius 3 is 2.94 bits per heavy atom. The van der Waals surface area contributed by atoms with E-state index in [1.54, 1.807) is 30.6 Å². The van der Waals surface area contributed by atoms with Crippen LogP contribution in [0, 0.1) is 6.92 Å². The van der Waals surface area contributed by atoms with Crippen molar-refractivity contribution in [1.82, 2.24) is 19.7 Å². The zero-order valence-corrected chi connectivity index (χ0v) is 9.71. The highest BCUT2D eigenvalue weighted by atomic mass is 16.1. The van der Waals surface area contributed by atoms with Crippen molar-refractivity contribution in [3.8, 4) is 5.95 Å². The van der Waals surface area contributed by atoms with E-state index in [0.29, 0.717) is 22.5 Å². The molecule has 0 radical (unpaired) electrons. The standard InChI is InChI=1S/C12H11N5O/c1-7-5-14-17(6-7)12-15-10-3-2-8(13)4-9(10)11(18)16-12/h2-6H,13H2,1H3,(H,15,16,18). The van der Waals surface area contributed by atoms with Gasteiger partial charge in [0.1, 0.15) is 0 Å². The maximum Gasteiger partial charge on any atom is 0.260 e. The van der Waals surface area contributed by atoms with Gasteiger partial charge in [0.15, 0.2) is 0 Å². The Morgan fingerprint density at radius 2 is 2.22 bits per heavy atom. The van der Waals surface area contributed by atoms with Crippen molar-refractivity contribution in [2.75, 3.05) is 5.73 Å². The molecular formula is C12H11N5O. The quantitative estimate of drug-likeness (QED) is 0.622. The number of hydrogen-bond acceptors (Lipinski definition) is 4. The van der Waals surface area contributed by atoms with Crippen LogP contribution in [-0.4, -0.2) is 19.7 Å². The minimum atomic E-state index is -0.226. The van der Waals surface area contributed by atoms with E-state index in [2.05, 4.69) is 15.1 Å². The molecule has 2 heterocycles. The molecule has 0 spiro atoms. The SMILES string of the molecule is Cc1cnn(-c2nc3ccc(N)cc3c(=O)[nH]2)c1. The Hall–Kier alpha value is -2.63. The molecule has 0 saturated heterocycles. The number of aryl methyl sites for hydroxylation is 1. The molecule has 0 saturated carbocycles. The number of nitrogen functional groups attached to an aromatic ring is 1. The number of aromatic nitrogens is 4. The van der Waals surface area contributed by atoms with E-state index < -0.39 is 0 Å². The van der Waals surface area contributed by atoms with Crippen LogP contribution in [0.25, 0.3) is 16.9 Å². The maximum absolute atomic E-state index is 11.9. The predicted octanol–water partition coefficient (Wildman–Crippen LogP) is 0.999. The molecule has 90 valence electrons. The Morgan fingerprint density at radius 1 is 1.39 bits per heavy atom. The normalized spacial score (nSPS) is 10.9. The molecule has 0 aliphatic heterocycles. The first kappa shape index (κ1) is 10.5. The lowest BCUT2D eigenvalue weighted by molar-refractivity contribution is 0.810. The third-order valence-corrected chi connectivity index (χ3v) is 2.65.